The van der Waals surface area contributed by atoms with Crippen molar-refractivity contribution in [3.8, 4) is 11.5 Å². The van der Waals surface area contributed by atoms with Gasteiger partial charge in [-0.15, -0.1) is 0 Å². The molecule has 0 amide bonds. The Hall–Kier alpha value is -2.48. The van der Waals surface area contributed by atoms with Crippen molar-refractivity contribution in [1.82, 2.24) is 0 Å². The number of aromatic carboxylic acids is 1. The van der Waals surface area contributed by atoms with Gasteiger partial charge in [-0.05, 0) is 24.3 Å². The monoisotopic (exact) mass is 355 g/mol. The first kappa shape index (κ1) is 14.9. The van der Waals surface area contributed by atoms with E-state index in [0.29, 0.717) is 4.47 Å². The van der Waals surface area contributed by atoms with Crippen molar-refractivity contribution in [3.63, 3.8) is 0 Å². The van der Waals surface area contributed by atoms with Crippen LogP contribution >= 0.6 is 15.9 Å². The van der Waals surface area contributed by atoms with Crippen molar-refractivity contribution in [2.45, 2.75) is 0 Å². The van der Waals surface area contributed by atoms with Gasteiger partial charge in [0.25, 0.3) is 5.69 Å². The summed E-state index contributed by atoms with van der Waals surface area (Å²) >= 11 is 3.15. The molecule has 0 aliphatic carbocycles. The summed E-state index contributed by atoms with van der Waals surface area (Å²) in [5.74, 6) is -2.26. The molecule has 0 radical (unpaired) electrons. The molecule has 0 fully saturated rings. The molecule has 2 rings (SSSR count). The van der Waals surface area contributed by atoms with Crippen LogP contribution in [0, 0.1) is 15.9 Å². The highest BCUT2D eigenvalue weighted by molar-refractivity contribution is 9.10. The summed E-state index contributed by atoms with van der Waals surface area (Å²) in [5.41, 5.74) is -1.10. The highest BCUT2D eigenvalue weighted by atomic mass is 79.9. The van der Waals surface area contributed by atoms with Crippen LogP contribution in [0.25, 0.3) is 0 Å². The molecule has 0 atom stereocenters. The Kier molecular flexibility index (Phi) is 4.18. The van der Waals surface area contributed by atoms with E-state index < -0.39 is 28.0 Å². The average molecular weight is 356 g/mol. The Labute approximate surface area is 126 Å². The number of benzene rings is 2. The molecule has 0 unspecified atom stereocenters. The van der Waals surface area contributed by atoms with Gasteiger partial charge >= 0.3 is 5.97 Å². The molecule has 0 heterocycles. The quantitative estimate of drug-likeness (QED) is 0.661. The third-order valence-corrected chi connectivity index (χ3v) is 3.01. The molecule has 0 bridgehead atoms. The molecule has 0 aliphatic rings. The third-order valence-electron chi connectivity index (χ3n) is 2.52. The van der Waals surface area contributed by atoms with Gasteiger partial charge < -0.3 is 9.84 Å². The molecule has 6 nitrogen and oxygen atoms in total. The molecular weight excluding hydrogens is 349 g/mol. The van der Waals surface area contributed by atoms with Gasteiger partial charge in [0.2, 0.25) is 0 Å². The number of ether oxygens (including phenoxy) is 1. The maximum absolute atomic E-state index is 13.6. The van der Waals surface area contributed by atoms with Crippen molar-refractivity contribution in [2.75, 3.05) is 0 Å². The molecule has 2 aromatic carbocycles. The fourth-order valence-corrected chi connectivity index (χ4v) is 1.93. The SMILES string of the molecule is O=C(O)c1cc(Oc2cc(Br)ccc2F)ccc1[N+](=O)[O-]. The summed E-state index contributed by atoms with van der Waals surface area (Å²) in [7, 11) is 0. The van der Waals surface area contributed by atoms with Crippen molar-refractivity contribution in [1.29, 1.82) is 0 Å². The van der Waals surface area contributed by atoms with Gasteiger partial charge in [-0.1, -0.05) is 15.9 Å². The smallest absolute Gasteiger partial charge is 0.342 e. The van der Waals surface area contributed by atoms with Gasteiger partial charge in [0.15, 0.2) is 11.6 Å². The van der Waals surface area contributed by atoms with Crippen LogP contribution in [0.3, 0.4) is 0 Å². The number of carbonyl (C=O) groups is 1. The predicted octanol–water partition coefficient (Wildman–Crippen LogP) is 3.99. The number of hydrogen-bond acceptors (Lipinski definition) is 4. The van der Waals surface area contributed by atoms with E-state index in [0.717, 1.165) is 12.1 Å². The van der Waals surface area contributed by atoms with Crippen molar-refractivity contribution >= 4 is 27.6 Å². The predicted molar refractivity (Wildman–Crippen MR) is 74.2 cm³/mol. The van der Waals surface area contributed by atoms with Gasteiger partial charge in [0.1, 0.15) is 11.3 Å². The fourth-order valence-electron chi connectivity index (χ4n) is 1.59. The van der Waals surface area contributed by atoms with Gasteiger partial charge in [0, 0.05) is 16.6 Å². The van der Waals surface area contributed by atoms with E-state index in [4.69, 9.17) is 9.84 Å². The number of carboxylic acids is 1. The number of nitrogens with zero attached hydrogens (tertiary/aromatic N) is 1. The lowest BCUT2D eigenvalue weighted by molar-refractivity contribution is -0.385. The van der Waals surface area contributed by atoms with Crippen LogP contribution in [0.2, 0.25) is 0 Å². The summed E-state index contributed by atoms with van der Waals surface area (Å²) in [5, 5.41) is 19.7. The van der Waals surface area contributed by atoms with E-state index in [-0.39, 0.29) is 11.5 Å². The second-order valence-corrected chi connectivity index (χ2v) is 4.83. The molecular formula is C13H7BrFNO5. The molecule has 0 aromatic heterocycles. The lowest BCUT2D eigenvalue weighted by Crippen LogP contribution is -2.03. The Bertz CT molecular complexity index is 734. The first-order valence-electron chi connectivity index (χ1n) is 5.53. The third kappa shape index (κ3) is 3.34. The number of nitro groups is 1. The molecule has 108 valence electrons. The van der Waals surface area contributed by atoms with E-state index in [1.807, 2.05) is 0 Å². The van der Waals surface area contributed by atoms with Gasteiger partial charge in [-0.25, -0.2) is 9.18 Å². The van der Waals surface area contributed by atoms with Crippen LogP contribution < -0.4 is 4.74 Å². The lowest BCUT2D eigenvalue weighted by atomic mass is 10.1. The molecule has 21 heavy (non-hydrogen) atoms. The van der Waals surface area contributed by atoms with E-state index in [2.05, 4.69) is 15.9 Å². The molecule has 8 heteroatoms. The second kappa shape index (κ2) is 5.88. The summed E-state index contributed by atoms with van der Waals surface area (Å²) in [6.07, 6.45) is 0. The number of halogens is 2. The van der Waals surface area contributed by atoms with Crippen LogP contribution in [0.5, 0.6) is 11.5 Å². The Morgan fingerprint density at radius 2 is 2.00 bits per heavy atom. The largest absolute Gasteiger partial charge is 0.477 e. The van der Waals surface area contributed by atoms with Crippen LogP contribution in [0.1, 0.15) is 10.4 Å². The van der Waals surface area contributed by atoms with Crippen LogP contribution in [0.4, 0.5) is 10.1 Å². The van der Waals surface area contributed by atoms with E-state index in [1.54, 1.807) is 0 Å². The number of carboxylic acid groups (broad SMARTS) is 1. The second-order valence-electron chi connectivity index (χ2n) is 3.92. The Balaban J connectivity index is 2.41. The number of nitro benzene ring substituents is 1. The number of rotatable bonds is 4. The minimum absolute atomic E-state index is 0.0185. The summed E-state index contributed by atoms with van der Waals surface area (Å²) < 4.78 is 19.3. The molecule has 1 N–H and O–H groups in total. The average Bonchev–Trinajstić information content (AvgIpc) is 2.42. The zero-order valence-electron chi connectivity index (χ0n) is 10.2. The highest BCUT2D eigenvalue weighted by Gasteiger charge is 2.21. The highest BCUT2D eigenvalue weighted by Crippen LogP contribution is 2.30. The van der Waals surface area contributed by atoms with Crippen LogP contribution in [0.15, 0.2) is 40.9 Å². The standard InChI is InChI=1S/C13H7BrFNO5/c14-7-1-3-10(15)12(5-7)21-8-2-4-11(16(19)20)9(6-8)13(17)18/h1-6H,(H,17,18). The Morgan fingerprint density at radius 3 is 2.62 bits per heavy atom. The lowest BCUT2D eigenvalue weighted by Gasteiger charge is -2.08. The van der Waals surface area contributed by atoms with Crippen molar-refractivity contribution in [3.05, 3.63) is 62.4 Å². The minimum atomic E-state index is -1.47. The Morgan fingerprint density at radius 1 is 1.29 bits per heavy atom. The van der Waals surface area contributed by atoms with Crippen molar-refractivity contribution < 1.29 is 24.0 Å². The zero-order chi connectivity index (χ0) is 15.6. The first-order chi connectivity index (χ1) is 9.88. The molecule has 0 spiro atoms. The molecule has 2 aromatic rings. The normalized spacial score (nSPS) is 10.2. The van der Waals surface area contributed by atoms with Crippen LogP contribution in [-0.4, -0.2) is 16.0 Å². The zero-order valence-corrected chi connectivity index (χ0v) is 11.8. The topological polar surface area (TPSA) is 89.7 Å². The molecule has 0 saturated heterocycles. The van der Waals surface area contributed by atoms with Gasteiger partial charge in [-0.3, -0.25) is 10.1 Å². The maximum Gasteiger partial charge on any atom is 0.342 e. The van der Waals surface area contributed by atoms with E-state index in [9.17, 15) is 19.3 Å². The first-order valence-corrected chi connectivity index (χ1v) is 6.32. The van der Waals surface area contributed by atoms with Gasteiger partial charge in [-0.2, -0.15) is 0 Å². The summed E-state index contributed by atoms with van der Waals surface area (Å²) in [6.45, 7) is 0. The fraction of sp³-hybridized carbons (Fsp3) is 0. The minimum Gasteiger partial charge on any atom is -0.477 e. The summed E-state index contributed by atoms with van der Waals surface area (Å²) in [6, 6.07) is 7.17. The molecule has 0 aliphatic heterocycles. The summed E-state index contributed by atoms with van der Waals surface area (Å²) in [4.78, 5) is 20.9. The maximum atomic E-state index is 13.6. The van der Waals surface area contributed by atoms with Crippen molar-refractivity contribution in [2.24, 2.45) is 0 Å². The van der Waals surface area contributed by atoms with E-state index in [1.165, 1.54) is 24.3 Å². The van der Waals surface area contributed by atoms with Crippen LogP contribution in [-0.2, 0) is 0 Å². The van der Waals surface area contributed by atoms with Gasteiger partial charge in [0.05, 0.1) is 4.92 Å². The number of hydrogen-bond donors (Lipinski definition) is 1. The molecule has 0 saturated carbocycles. The van der Waals surface area contributed by atoms with E-state index >= 15 is 0 Å².